The number of hydrogen-bond acceptors (Lipinski definition) is 8. The summed E-state index contributed by atoms with van der Waals surface area (Å²) >= 11 is 7.60. The molecule has 170 valence electrons. The van der Waals surface area contributed by atoms with Gasteiger partial charge >= 0.3 is 0 Å². The van der Waals surface area contributed by atoms with Crippen LogP contribution in [0.2, 0.25) is 5.02 Å². The van der Waals surface area contributed by atoms with Gasteiger partial charge in [0.25, 0.3) is 5.91 Å². The largest absolute Gasteiger partial charge is 0.341 e. The molecule has 2 fully saturated rings. The number of benzene rings is 2. The lowest BCUT2D eigenvalue weighted by Crippen LogP contribution is -2.36. The second-order valence-electron chi connectivity index (χ2n) is 7.91. The molecule has 33 heavy (non-hydrogen) atoms. The summed E-state index contributed by atoms with van der Waals surface area (Å²) in [5.41, 5.74) is 5.02. The van der Waals surface area contributed by atoms with Gasteiger partial charge in [0.05, 0.1) is 5.75 Å². The Morgan fingerprint density at radius 1 is 0.909 bits per heavy atom. The number of rotatable bonds is 6. The van der Waals surface area contributed by atoms with Crippen molar-refractivity contribution < 1.29 is 4.79 Å². The standard InChI is InChI=1S/C23H24ClN7OS/c24-17-11-9-16(10-12-17)20-31(19(32)15-33-20)29-22-26-21(25-18-7-3-1-4-8-18)27-23(28-22)30-13-5-2-6-14-30/h1,3-4,7-12,20H,2,5-6,13-15H2,(H2,25,26,27,28,29)/t20-/m1/s1. The minimum absolute atomic E-state index is 0.0301. The fourth-order valence-corrected chi connectivity index (χ4v) is 5.12. The third-order valence-corrected chi connectivity index (χ3v) is 7.00. The molecule has 2 N–H and O–H groups in total. The van der Waals surface area contributed by atoms with Crippen LogP contribution in [-0.2, 0) is 4.79 Å². The molecule has 0 radical (unpaired) electrons. The number of carbonyl (C=O) groups excluding carboxylic acids is 1. The summed E-state index contributed by atoms with van der Waals surface area (Å²) in [5, 5.41) is 5.31. The van der Waals surface area contributed by atoms with Crippen molar-refractivity contribution in [3.8, 4) is 0 Å². The van der Waals surface area contributed by atoms with Crippen LogP contribution in [0.4, 0.5) is 23.5 Å². The van der Waals surface area contributed by atoms with Gasteiger partial charge < -0.3 is 10.2 Å². The predicted octanol–water partition coefficient (Wildman–Crippen LogP) is 4.86. The molecular formula is C23H24ClN7OS. The van der Waals surface area contributed by atoms with Crippen LogP contribution in [0.3, 0.4) is 0 Å². The zero-order valence-corrected chi connectivity index (χ0v) is 19.5. The number of amides is 1. The highest BCUT2D eigenvalue weighted by atomic mass is 35.5. The second-order valence-corrected chi connectivity index (χ2v) is 9.42. The van der Waals surface area contributed by atoms with Crippen LogP contribution in [-0.4, -0.2) is 44.7 Å². The molecule has 1 aromatic heterocycles. The molecule has 2 saturated heterocycles. The number of para-hydroxylation sites is 1. The van der Waals surface area contributed by atoms with Gasteiger partial charge in [0.1, 0.15) is 5.37 Å². The topological polar surface area (TPSA) is 86.3 Å². The molecule has 0 unspecified atom stereocenters. The quantitative estimate of drug-likeness (QED) is 0.516. The van der Waals surface area contributed by atoms with Gasteiger partial charge in [0, 0.05) is 23.8 Å². The van der Waals surface area contributed by atoms with Gasteiger partial charge in [0.15, 0.2) is 0 Å². The number of piperidine rings is 1. The van der Waals surface area contributed by atoms with E-state index < -0.39 is 0 Å². The Morgan fingerprint density at radius 2 is 1.64 bits per heavy atom. The summed E-state index contributed by atoms with van der Waals surface area (Å²) in [7, 11) is 0. The summed E-state index contributed by atoms with van der Waals surface area (Å²) in [6.07, 6.45) is 3.43. The Balaban J connectivity index is 1.44. The number of carbonyl (C=O) groups is 1. The van der Waals surface area contributed by atoms with Crippen molar-refractivity contribution in [3.63, 3.8) is 0 Å². The molecule has 5 rings (SSSR count). The maximum absolute atomic E-state index is 12.7. The molecule has 0 bridgehead atoms. The SMILES string of the molecule is O=C1CS[C@H](c2ccc(Cl)cc2)N1Nc1nc(Nc2ccccc2)nc(N2CCCCC2)n1. The average molecular weight is 482 g/mol. The summed E-state index contributed by atoms with van der Waals surface area (Å²) in [6, 6.07) is 17.3. The molecule has 2 aliphatic rings. The molecule has 0 saturated carbocycles. The summed E-state index contributed by atoms with van der Waals surface area (Å²) in [6.45, 7) is 1.81. The first kappa shape index (κ1) is 21.8. The Kier molecular flexibility index (Phi) is 6.50. The molecule has 1 amide bonds. The predicted molar refractivity (Wildman–Crippen MR) is 133 cm³/mol. The van der Waals surface area contributed by atoms with Gasteiger partial charge in [-0.05, 0) is 49.1 Å². The minimum Gasteiger partial charge on any atom is -0.341 e. The van der Waals surface area contributed by atoms with Crippen molar-refractivity contribution in [2.45, 2.75) is 24.6 Å². The lowest BCUT2D eigenvalue weighted by Gasteiger charge is -2.28. The van der Waals surface area contributed by atoms with Gasteiger partial charge in [-0.1, -0.05) is 41.9 Å². The highest BCUT2D eigenvalue weighted by Gasteiger charge is 2.34. The molecule has 3 heterocycles. The van der Waals surface area contributed by atoms with Crippen molar-refractivity contribution in [2.24, 2.45) is 0 Å². The van der Waals surface area contributed by atoms with Crippen molar-refractivity contribution in [1.29, 1.82) is 0 Å². The van der Waals surface area contributed by atoms with E-state index >= 15 is 0 Å². The molecule has 2 aromatic carbocycles. The molecular weight excluding hydrogens is 458 g/mol. The van der Waals surface area contributed by atoms with Crippen LogP contribution in [0.5, 0.6) is 0 Å². The van der Waals surface area contributed by atoms with Crippen LogP contribution in [0, 0.1) is 0 Å². The van der Waals surface area contributed by atoms with Crippen LogP contribution < -0.4 is 15.6 Å². The zero-order chi connectivity index (χ0) is 22.6. The fourth-order valence-electron chi connectivity index (χ4n) is 3.88. The van der Waals surface area contributed by atoms with E-state index in [-0.39, 0.29) is 11.3 Å². The molecule has 3 aromatic rings. The van der Waals surface area contributed by atoms with Gasteiger partial charge in [0.2, 0.25) is 17.8 Å². The molecule has 2 aliphatic heterocycles. The van der Waals surface area contributed by atoms with Crippen molar-refractivity contribution in [2.75, 3.05) is 34.5 Å². The fraction of sp³-hybridized carbons (Fsp3) is 0.304. The number of hydrazine groups is 1. The van der Waals surface area contributed by atoms with Gasteiger partial charge in [-0.25, -0.2) is 5.01 Å². The molecule has 1 atom stereocenters. The Labute approximate surface area is 201 Å². The van der Waals surface area contributed by atoms with Crippen molar-refractivity contribution >= 4 is 52.8 Å². The number of hydrogen-bond donors (Lipinski definition) is 2. The van der Waals surface area contributed by atoms with Gasteiger partial charge in [-0.2, -0.15) is 15.0 Å². The average Bonchev–Trinajstić information content (AvgIpc) is 3.20. The first-order valence-electron chi connectivity index (χ1n) is 10.9. The number of nitrogens with one attached hydrogen (secondary N) is 2. The van der Waals surface area contributed by atoms with Crippen LogP contribution in [0.1, 0.15) is 30.2 Å². The van der Waals surface area contributed by atoms with E-state index in [2.05, 4.69) is 30.6 Å². The maximum Gasteiger partial charge on any atom is 0.252 e. The van der Waals surface area contributed by atoms with Crippen LogP contribution in [0.25, 0.3) is 0 Å². The second kappa shape index (κ2) is 9.84. The smallest absolute Gasteiger partial charge is 0.252 e. The van der Waals surface area contributed by atoms with E-state index in [1.807, 2.05) is 54.6 Å². The highest BCUT2D eigenvalue weighted by Crippen LogP contribution is 2.38. The molecule has 10 heteroatoms. The summed E-state index contributed by atoms with van der Waals surface area (Å²) in [4.78, 5) is 28.8. The monoisotopic (exact) mass is 481 g/mol. The maximum atomic E-state index is 12.7. The normalized spacial score (nSPS) is 18.5. The van der Waals surface area contributed by atoms with E-state index in [1.54, 1.807) is 16.8 Å². The Hall–Kier alpha value is -3.04. The lowest BCUT2D eigenvalue weighted by atomic mass is 10.1. The van der Waals surface area contributed by atoms with E-state index in [0.29, 0.717) is 28.6 Å². The number of thioether (sulfide) groups is 1. The van der Waals surface area contributed by atoms with E-state index in [9.17, 15) is 4.79 Å². The first-order chi connectivity index (χ1) is 16.2. The van der Waals surface area contributed by atoms with E-state index in [0.717, 1.165) is 37.2 Å². The van der Waals surface area contributed by atoms with Gasteiger partial charge in [-0.15, -0.1) is 11.8 Å². The first-order valence-corrected chi connectivity index (χ1v) is 12.4. The molecule has 8 nitrogen and oxygen atoms in total. The number of halogens is 1. The third kappa shape index (κ3) is 5.15. The Bertz CT molecular complexity index is 1110. The summed E-state index contributed by atoms with van der Waals surface area (Å²) < 4.78 is 0. The number of aromatic nitrogens is 3. The minimum atomic E-state index is -0.199. The summed E-state index contributed by atoms with van der Waals surface area (Å²) in [5.74, 6) is 1.71. The van der Waals surface area contributed by atoms with Crippen LogP contribution >= 0.6 is 23.4 Å². The number of anilines is 4. The van der Waals surface area contributed by atoms with E-state index in [4.69, 9.17) is 11.6 Å². The molecule has 0 aliphatic carbocycles. The van der Waals surface area contributed by atoms with Crippen molar-refractivity contribution in [3.05, 3.63) is 65.2 Å². The zero-order valence-electron chi connectivity index (χ0n) is 17.9. The van der Waals surface area contributed by atoms with Crippen LogP contribution in [0.15, 0.2) is 54.6 Å². The number of nitrogens with zero attached hydrogens (tertiary/aromatic N) is 5. The third-order valence-electron chi connectivity index (χ3n) is 5.54. The van der Waals surface area contributed by atoms with Crippen molar-refractivity contribution in [1.82, 2.24) is 20.0 Å². The Morgan fingerprint density at radius 3 is 2.39 bits per heavy atom. The highest BCUT2D eigenvalue weighted by molar-refractivity contribution is 8.00. The lowest BCUT2D eigenvalue weighted by molar-refractivity contribution is -0.126. The van der Waals surface area contributed by atoms with E-state index in [1.165, 1.54) is 6.42 Å². The van der Waals surface area contributed by atoms with Gasteiger partial charge in [-0.3, -0.25) is 10.2 Å². The molecule has 0 spiro atoms.